The van der Waals surface area contributed by atoms with Crippen LogP contribution < -0.4 is 0 Å². The number of carbonyl (C=O) groups is 7. The molecule has 20 nitrogen and oxygen atoms in total. The van der Waals surface area contributed by atoms with E-state index < -0.39 is 159 Å². The predicted molar refractivity (Wildman–Crippen MR) is 203 cm³/mol. The number of methoxy groups -OCH3 is 1. The summed E-state index contributed by atoms with van der Waals surface area (Å²) >= 11 is 0. The Hall–Kier alpha value is -5.05. The highest BCUT2D eigenvalue weighted by Crippen LogP contribution is 2.90. The molecule has 1 aromatic heterocycles. The van der Waals surface area contributed by atoms with Crippen molar-refractivity contribution in [3.05, 3.63) is 35.5 Å². The number of fused-ring (bicyclic) bond motifs is 3. The van der Waals surface area contributed by atoms with Gasteiger partial charge in [0.25, 0.3) is 5.97 Å². The third-order valence-electron chi connectivity index (χ3n) is 15.0. The first kappa shape index (κ1) is 44.6. The lowest BCUT2D eigenvalue weighted by atomic mass is 9.31. The zero-order chi connectivity index (χ0) is 46.4. The number of allylic oxidation sites excluding steroid dienone is 1. The van der Waals surface area contributed by atoms with Gasteiger partial charge in [0.05, 0.1) is 36.0 Å². The molecule has 4 aliphatic carbocycles. The first-order chi connectivity index (χ1) is 29.3. The van der Waals surface area contributed by atoms with Gasteiger partial charge >= 0.3 is 41.8 Å². The molecule has 20 heteroatoms. The van der Waals surface area contributed by atoms with Crippen molar-refractivity contribution in [2.45, 2.75) is 141 Å². The van der Waals surface area contributed by atoms with Crippen molar-refractivity contribution in [2.24, 2.45) is 34.0 Å². The second-order valence-corrected chi connectivity index (χ2v) is 18.8. The minimum absolute atomic E-state index is 0.124. The third kappa shape index (κ3) is 5.08. The van der Waals surface area contributed by atoms with Crippen molar-refractivity contribution < 1.29 is 95.6 Å². The molecule has 3 saturated heterocycles. The normalized spacial score (nSPS) is 44.5. The number of furan rings is 1. The molecule has 2 N–H and O–H groups in total. The fourth-order valence-electron chi connectivity index (χ4n) is 13.8. The van der Waals surface area contributed by atoms with Crippen LogP contribution in [0.2, 0.25) is 0 Å². The van der Waals surface area contributed by atoms with Gasteiger partial charge in [-0.05, 0) is 18.4 Å². The summed E-state index contributed by atoms with van der Waals surface area (Å²) in [6, 6.07) is 1.44. The topological polar surface area (TPSA) is 265 Å². The molecule has 3 aliphatic heterocycles. The van der Waals surface area contributed by atoms with Crippen LogP contribution in [-0.2, 0) is 80.9 Å². The van der Waals surface area contributed by atoms with Crippen LogP contribution in [-0.4, -0.2) is 119 Å². The molecule has 7 fully saturated rings. The maximum atomic E-state index is 15.2. The molecule has 7 aliphatic rings. The first-order valence-corrected chi connectivity index (χ1v) is 20.6. The molecule has 8 rings (SSSR count). The molecule has 344 valence electrons. The second kappa shape index (κ2) is 13.7. The Labute approximate surface area is 361 Å². The summed E-state index contributed by atoms with van der Waals surface area (Å²) in [6.45, 7) is 12.1. The van der Waals surface area contributed by atoms with Gasteiger partial charge < -0.3 is 62.0 Å². The molecule has 0 radical (unpaired) electrons. The number of esters is 7. The van der Waals surface area contributed by atoms with E-state index in [0.29, 0.717) is 0 Å². The van der Waals surface area contributed by atoms with Crippen LogP contribution in [0.1, 0.15) is 93.7 Å². The predicted octanol–water partition coefficient (Wildman–Crippen LogP) is 2.57. The summed E-state index contributed by atoms with van der Waals surface area (Å²) in [5.74, 6) is -13.7. The quantitative estimate of drug-likeness (QED) is 0.140. The highest BCUT2D eigenvalue weighted by atomic mass is 16.9. The van der Waals surface area contributed by atoms with Crippen LogP contribution in [0.4, 0.5) is 0 Å². The molecule has 4 bridgehead atoms. The fraction of sp³-hybridized carbons (Fsp3) is 0.698. The lowest BCUT2D eigenvalue weighted by molar-refractivity contribution is -0.497. The van der Waals surface area contributed by atoms with Crippen molar-refractivity contribution in [3.8, 4) is 0 Å². The summed E-state index contributed by atoms with van der Waals surface area (Å²) in [5.41, 5.74) is -16.7. The van der Waals surface area contributed by atoms with E-state index >= 15 is 4.79 Å². The SMILES string of the molecule is COC(=O)C[C@H]1[C@@]2(C)C[C@]34O[C@]5(C)O[C@]67[C@H](C(=C(O)C(C)C)C(=O)O[C@@H]6[C@@]3(O)[C@H]2OC(C)=O)[C@](C)([C@@H](OC(C)=O)c2ccoc2)[C@@H](OC(C)=O)[C@@H](OC(C)=O)[C@]7(O5)[C@]14COC(C)=O. The van der Waals surface area contributed by atoms with E-state index in [1.54, 1.807) is 20.8 Å². The Bertz CT molecular complexity index is 2230. The number of hydrogen-bond acceptors (Lipinski definition) is 20. The first-order valence-electron chi connectivity index (χ1n) is 20.6. The average molecular weight is 889 g/mol. The molecule has 15 atom stereocenters. The third-order valence-corrected chi connectivity index (χ3v) is 15.0. The van der Waals surface area contributed by atoms with Crippen molar-refractivity contribution in [1.82, 2.24) is 0 Å². The summed E-state index contributed by atoms with van der Waals surface area (Å²) in [5, 5.41) is 26.5. The Kier molecular flexibility index (Phi) is 9.71. The van der Waals surface area contributed by atoms with E-state index in [1.165, 1.54) is 32.4 Å². The van der Waals surface area contributed by atoms with Gasteiger partial charge in [-0.3, -0.25) is 28.8 Å². The standard InChI is InChI=1S/C43H52O20/c1-18(2)28(50)27-29-37(9,30(56-20(4)45)24-12-13-54-15-24)31(57-21(5)46)32(58-22(6)47)43-39(17-55-19(3)44)25(14-26(49)53-11)36(8)16-40(39)41(52,34(36)59-23(7)48)35(60-33(27)51)42(29,43)62-38(10,61-40)63-43/h12-13,15,18,25,29-32,34-35,50,52H,14,16-17H2,1-11H3/t25-,29+,30-,31-,32+,34-,35+,36+,37+,38+,39+,40+,41-,42+,43-/m0/s1. The van der Waals surface area contributed by atoms with Crippen LogP contribution in [0.5, 0.6) is 0 Å². The van der Waals surface area contributed by atoms with Gasteiger partial charge in [0, 0.05) is 70.8 Å². The molecule has 0 aromatic carbocycles. The zero-order valence-corrected chi connectivity index (χ0v) is 36.7. The number of rotatable bonds is 11. The van der Waals surface area contributed by atoms with Gasteiger partial charge in [0.1, 0.15) is 30.2 Å². The molecule has 63 heavy (non-hydrogen) atoms. The Morgan fingerprint density at radius 3 is 2.05 bits per heavy atom. The largest absolute Gasteiger partial charge is 0.511 e. The van der Waals surface area contributed by atoms with Gasteiger partial charge in [0.15, 0.2) is 35.1 Å². The fourth-order valence-corrected chi connectivity index (χ4v) is 13.8. The van der Waals surface area contributed by atoms with Gasteiger partial charge in [-0.2, -0.15) is 0 Å². The number of carbonyl (C=O) groups excluding carboxylic acids is 7. The second-order valence-electron chi connectivity index (χ2n) is 18.8. The highest BCUT2D eigenvalue weighted by Gasteiger charge is 3.08. The van der Waals surface area contributed by atoms with Crippen LogP contribution >= 0.6 is 0 Å². The van der Waals surface area contributed by atoms with Gasteiger partial charge in [-0.15, -0.1) is 0 Å². The van der Waals surface area contributed by atoms with Crippen molar-refractivity contribution >= 4 is 41.8 Å². The molecule has 3 spiro atoms. The van der Waals surface area contributed by atoms with E-state index in [-0.39, 0.29) is 12.0 Å². The number of hydrogen-bond donors (Lipinski definition) is 2. The van der Waals surface area contributed by atoms with Crippen LogP contribution in [0, 0.1) is 34.0 Å². The maximum absolute atomic E-state index is 15.2. The Balaban J connectivity index is 1.65. The molecule has 4 saturated carbocycles. The van der Waals surface area contributed by atoms with Crippen molar-refractivity contribution in [2.75, 3.05) is 13.7 Å². The molecule has 0 amide bonds. The summed E-state index contributed by atoms with van der Waals surface area (Å²) in [4.78, 5) is 96.6. The summed E-state index contributed by atoms with van der Waals surface area (Å²) in [6.07, 6.45) is -7.82. The molecule has 0 unspecified atom stereocenters. The maximum Gasteiger partial charge on any atom is 0.338 e. The van der Waals surface area contributed by atoms with E-state index in [9.17, 15) is 39.0 Å². The lowest BCUT2D eigenvalue weighted by Crippen LogP contribution is -2.99. The van der Waals surface area contributed by atoms with E-state index in [4.69, 9.17) is 51.8 Å². The molecule has 1 aromatic rings. The number of aliphatic hydroxyl groups is 2. The zero-order valence-electron chi connectivity index (χ0n) is 36.7. The van der Waals surface area contributed by atoms with E-state index in [2.05, 4.69) is 0 Å². The Morgan fingerprint density at radius 1 is 0.873 bits per heavy atom. The van der Waals surface area contributed by atoms with Gasteiger partial charge in [-0.25, -0.2) is 4.79 Å². The number of aliphatic hydroxyl groups excluding tert-OH is 1. The van der Waals surface area contributed by atoms with Crippen LogP contribution in [0.3, 0.4) is 0 Å². The van der Waals surface area contributed by atoms with Crippen LogP contribution in [0.15, 0.2) is 34.3 Å². The highest BCUT2D eigenvalue weighted by molar-refractivity contribution is 5.93. The molecular weight excluding hydrogens is 836 g/mol. The minimum Gasteiger partial charge on any atom is -0.511 e. The van der Waals surface area contributed by atoms with E-state index in [0.717, 1.165) is 41.7 Å². The van der Waals surface area contributed by atoms with Gasteiger partial charge in [0.2, 0.25) is 0 Å². The summed E-state index contributed by atoms with van der Waals surface area (Å²) < 4.78 is 69.7. The Morgan fingerprint density at radius 2 is 1.51 bits per heavy atom. The van der Waals surface area contributed by atoms with Crippen molar-refractivity contribution in [1.29, 1.82) is 0 Å². The monoisotopic (exact) mass is 888 g/mol. The minimum atomic E-state index is -2.75. The van der Waals surface area contributed by atoms with Crippen molar-refractivity contribution in [3.63, 3.8) is 0 Å². The molecular formula is C43H52O20. The smallest absolute Gasteiger partial charge is 0.338 e. The van der Waals surface area contributed by atoms with Crippen LogP contribution in [0.25, 0.3) is 0 Å². The average Bonchev–Trinajstić information content (AvgIpc) is 3.87. The molecule has 4 heterocycles. The lowest BCUT2D eigenvalue weighted by Gasteiger charge is -2.78. The number of ether oxygens (including phenoxy) is 10. The summed E-state index contributed by atoms with van der Waals surface area (Å²) in [7, 11) is 1.13. The van der Waals surface area contributed by atoms with E-state index in [1.807, 2.05) is 0 Å². The van der Waals surface area contributed by atoms with Gasteiger partial charge in [-0.1, -0.05) is 27.7 Å².